The highest BCUT2D eigenvalue weighted by atomic mass is 16.5. The molecular weight excluding hydrogens is 270 g/mol. The van der Waals surface area contributed by atoms with E-state index in [1.807, 2.05) is 12.1 Å². The van der Waals surface area contributed by atoms with Gasteiger partial charge in [0.15, 0.2) is 0 Å². The van der Waals surface area contributed by atoms with E-state index in [0.717, 1.165) is 24.3 Å². The monoisotopic (exact) mass is 289 g/mol. The van der Waals surface area contributed by atoms with Crippen LogP contribution in [0.2, 0.25) is 0 Å². The van der Waals surface area contributed by atoms with Crippen LogP contribution in [0, 0.1) is 0 Å². The Bertz CT molecular complexity index is 608. The molecule has 0 aliphatic heterocycles. The van der Waals surface area contributed by atoms with E-state index in [9.17, 15) is 0 Å². The fraction of sp³-hybridized carbons (Fsp3) is 0.467. The first-order chi connectivity index (χ1) is 10.3. The van der Waals surface area contributed by atoms with Gasteiger partial charge in [-0.2, -0.15) is 0 Å². The highest BCUT2D eigenvalue weighted by Crippen LogP contribution is 2.32. The summed E-state index contributed by atoms with van der Waals surface area (Å²) in [5.74, 6) is 2.48. The number of nitrogens with zero attached hydrogens (tertiary/aromatic N) is 2. The molecule has 0 radical (unpaired) electrons. The molecular formula is C15H19N3O3. The van der Waals surface area contributed by atoms with Crippen molar-refractivity contribution in [1.29, 1.82) is 0 Å². The average molecular weight is 289 g/mol. The van der Waals surface area contributed by atoms with Crippen molar-refractivity contribution in [3.63, 3.8) is 0 Å². The third-order valence-electron chi connectivity index (χ3n) is 3.46. The maximum absolute atomic E-state index is 5.70. The van der Waals surface area contributed by atoms with Crippen molar-refractivity contribution in [2.75, 3.05) is 20.8 Å². The van der Waals surface area contributed by atoms with Crippen molar-refractivity contribution in [2.45, 2.75) is 25.3 Å². The van der Waals surface area contributed by atoms with E-state index < -0.39 is 0 Å². The molecule has 1 aliphatic rings. The van der Waals surface area contributed by atoms with Gasteiger partial charge in [0.1, 0.15) is 11.5 Å². The fourth-order valence-electron chi connectivity index (χ4n) is 2.11. The number of benzene rings is 1. The first-order valence-electron chi connectivity index (χ1n) is 7.08. The lowest BCUT2D eigenvalue weighted by molar-refractivity contribution is 0.394. The standard InChI is InChI=1S/C15H19N3O3/c1-19-11-5-6-12(13(9-11)20-2)15-18-17-14(21-15)7-8-16-10-3-4-10/h5-6,9-10,16H,3-4,7-8H2,1-2H3. The van der Waals surface area contributed by atoms with Crippen LogP contribution in [0.1, 0.15) is 18.7 Å². The van der Waals surface area contributed by atoms with Crippen molar-refractivity contribution in [1.82, 2.24) is 15.5 Å². The molecule has 0 saturated heterocycles. The summed E-state index contributed by atoms with van der Waals surface area (Å²) in [5.41, 5.74) is 0.771. The quantitative estimate of drug-likeness (QED) is 0.841. The molecule has 0 spiro atoms. The van der Waals surface area contributed by atoms with Gasteiger partial charge < -0.3 is 19.2 Å². The molecule has 2 aromatic rings. The Morgan fingerprint density at radius 2 is 2.10 bits per heavy atom. The maximum atomic E-state index is 5.70. The van der Waals surface area contributed by atoms with Crippen LogP contribution in [-0.4, -0.2) is 37.0 Å². The Hall–Kier alpha value is -2.08. The van der Waals surface area contributed by atoms with Crippen LogP contribution in [0.25, 0.3) is 11.5 Å². The zero-order valence-corrected chi connectivity index (χ0v) is 12.3. The van der Waals surface area contributed by atoms with E-state index in [2.05, 4.69) is 15.5 Å². The number of hydrogen-bond acceptors (Lipinski definition) is 6. The lowest BCUT2D eigenvalue weighted by Gasteiger charge is -2.07. The summed E-state index contributed by atoms with van der Waals surface area (Å²) in [6, 6.07) is 6.19. The van der Waals surface area contributed by atoms with E-state index in [4.69, 9.17) is 13.9 Å². The molecule has 1 saturated carbocycles. The summed E-state index contributed by atoms with van der Waals surface area (Å²) in [4.78, 5) is 0. The summed E-state index contributed by atoms with van der Waals surface area (Å²) in [7, 11) is 3.22. The van der Waals surface area contributed by atoms with Gasteiger partial charge in [0.25, 0.3) is 5.89 Å². The summed E-state index contributed by atoms with van der Waals surface area (Å²) in [6.07, 6.45) is 3.29. The molecule has 0 atom stereocenters. The second-order valence-electron chi connectivity index (χ2n) is 5.05. The van der Waals surface area contributed by atoms with Crippen LogP contribution in [-0.2, 0) is 6.42 Å². The smallest absolute Gasteiger partial charge is 0.251 e. The van der Waals surface area contributed by atoms with Gasteiger partial charge in [-0.3, -0.25) is 0 Å². The van der Waals surface area contributed by atoms with Crippen molar-refractivity contribution in [2.24, 2.45) is 0 Å². The minimum Gasteiger partial charge on any atom is -0.497 e. The first kappa shape index (κ1) is 13.9. The normalized spacial score (nSPS) is 14.2. The van der Waals surface area contributed by atoms with Crippen LogP contribution >= 0.6 is 0 Å². The van der Waals surface area contributed by atoms with Gasteiger partial charge in [-0.05, 0) is 25.0 Å². The van der Waals surface area contributed by atoms with E-state index in [1.54, 1.807) is 20.3 Å². The van der Waals surface area contributed by atoms with Crippen LogP contribution < -0.4 is 14.8 Å². The second-order valence-corrected chi connectivity index (χ2v) is 5.05. The Morgan fingerprint density at radius 1 is 1.24 bits per heavy atom. The van der Waals surface area contributed by atoms with Crippen LogP contribution in [0.3, 0.4) is 0 Å². The molecule has 1 N–H and O–H groups in total. The zero-order chi connectivity index (χ0) is 14.7. The Balaban J connectivity index is 1.72. The van der Waals surface area contributed by atoms with Crippen LogP contribution in [0.4, 0.5) is 0 Å². The first-order valence-corrected chi connectivity index (χ1v) is 7.08. The molecule has 1 aromatic heterocycles. The summed E-state index contributed by atoms with van der Waals surface area (Å²) in [5, 5.41) is 11.6. The summed E-state index contributed by atoms with van der Waals surface area (Å²) in [6.45, 7) is 0.867. The lowest BCUT2D eigenvalue weighted by Crippen LogP contribution is -2.19. The largest absolute Gasteiger partial charge is 0.497 e. The van der Waals surface area contributed by atoms with Gasteiger partial charge in [0.05, 0.1) is 19.8 Å². The SMILES string of the molecule is COc1ccc(-c2nnc(CCNC3CC3)o2)c(OC)c1. The maximum Gasteiger partial charge on any atom is 0.251 e. The van der Waals surface area contributed by atoms with Gasteiger partial charge >= 0.3 is 0 Å². The van der Waals surface area contributed by atoms with Gasteiger partial charge in [0.2, 0.25) is 5.89 Å². The van der Waals surface area contributed by atoms with E-state index >= 15 is 0 Å². The minimum absolute atomic E-state index is 0.468. The number of aromatic nitrogens is 2. The molecule has 3 rings (SSSR count). The molecule has 6 nitrogen and oxygen atoms in total. The molecule has 1 aliphatic carbocycles. The van der Waals surface area contributed by atoms with Crippen LogP contribution in [0.5, 0.6) is 11.5 Å². The molecule has 0 unspecified atom stereocenters. The topological polar surface area (TPSA) is 69.4 Å². The number of methoxy groups -OCH3 is 2. The van der Waals surface area contributed by atoms with Gasteiger partial charge in [-0.1, -0.05) is 0 Å². The Labute approximate surface area is 123 Å². The van der Waals surface area contributed by atoms with Crippen molar-refractivity contribution in [3.05, 3.63) is 24.1 Å². The highest BCUT2D eigenvalue weighted by Gasteiger charge is 2.20. The summed E-state index contributed by atoms with van der Waals surface area (Å²) < 4.78 is 16.2. The second kappa shape index (κ2) is 6.13. The third-order valence-corrected chi connectivity index (χ3v) is 3.46. The predicted octanol–water partition coefficient (Wildman–Crippen LogP) is 2.05. The number of rotatable bonds is 7. The number of nitrogens with one attached hydrogen (secondary N) is 1. The molecule has 0 bridgehead atoms. The molecule has 1 aromatic carbocycles. The van der Waals surface area contributed by atoms with Gasteiger partial charge in [-0.15, -0.1) is 10.2 Å². The van der Waals surface area contributed by atoms with Gasteiger partial charge in [0, 0.05) is 25.1 Å². The molecule has 112 valence electrons. The third kappa shape index (κ3) is 3.33. The number of ether oxygens (including phenoxy) is 2. The van der Waals surface area contributed by atoms with E-state index in [1.165, 1.54) is 12.8 Å². The minimum atomic E-state index is 0.468. The molecule has 1 heterocycles. The van der Waals surface area contributed by atoms with Crippen molar-refractivity contribution >= 4 is 0 Å². The fourth-order valence-corrected chi connectivity index (χ4v) is 2.11. The molecule has 6 heteroatoms. The van der Waals surface area contributed by atoms with Crippen molar-refractivity contribution < 1.29 is 13.9 Å². The summed E-state index contributed by atoms with van der Waals surface area (Å²) >= 11 is 0. The molecule has 1 fully saturated rings. The Morgan fingerprint density at radius 3 is 2.81 bits per heavy atom. The predicted molar refractivity (Wildman–Crippen MR) is 77.6 cm³/mol. The highest BCUT2D eigenvalue weighted by molar-refractivity contribution is 5.64. The zero-order valence-electron chi connectivity index (χ0n) is 12.3. The van der Waals surface area contributed by atoms with Crippen molar-refractivity contribution in [3.8, 4) is 23.0 Å². The molecule has 0 amide bonds. The lowest BCUT2D eigenvalue weighted by atomic mass is 10.2. The average Bonchev–Trinajstić information content (AvgIpc) is 3.23. The van der Waals surface area contributed by atoms with E-state index in [0.29, 0.717) is 23.6 Å². The van der Waals surface area contributed by atoms with E-state index in [-0.39, 0.29) is 0 Å². The van der Waals surface area contributed by atoms with Crippen LogP contribution in [0.15, 0.2) is 22.6 Å². The number of hydrogen-bond donors (Lipinski definition) is 1. The van der Waals surface area contributed by atoms with Gasteiger partial charge in [-0.25, -0.2) is 0 Å². The molecule has 21 heavy (non-hydrogen) atoms. The Kier molecular flexibility index (Phi) is 4.06.